The van der Waals surface area contributed by atoms with Crippen molar-refractivity contribution in [3.63, 3.8) is 0 Å². The van der Waals surface area contributed by atoms with E-state index in [0.717, 1.165) is 0 Å². The van der Waals surface area contributed by atoms with Crippen LogP contribution in [-0.2, 0) is 23.9 Å². The van der Waals surface area contributed by atoms with Crippen LogP contribution in [0.3, 0.4) is 0 Å². The fourth-order valence-corrected chi connectivity index (χ4v) is 7.84. The summed E-state index contributed by atoms with van der Waals surface area (Å²) in [6, 6.07) is 8.18. The minimum Gasteiger partial charge on any atom is -0.454 e. The molecule has 0 spiro atoms. The molecular formula is C29H36O10. The first kappa shape index (κ1) is 27.9. The maximum atomic E-state index is 14.3. The standard InChI is InChI=1S/C29H36O10/c1-14-17(31)12-29(36)21(25(35)38-16-9-7-6-8-10-16)23-27(5,24(34)22(33)20(14)26(29,3)4)18(32)11-19-28(23,13-37-19)39-15(2)30/h6-10,17-19,21-23,31-33,36H,11-13H2,1-5H3/t17-,18-,19+,21+,22+,23-,27+,28-,29+/m0/s1. The number of hydrogen-bond acceptors (Lipinski definition) is 10. The van der Waals surface area contributed by atoms with Gasteiger partial charge in [-0.1, -0.05) is 32.0 Å². The highest BCUT2D eigenvalue weighted by atomic mass is 16.6. The fourth-order valence-electron chi connectivity index (χ4n) is 7.84. The molecule has 2 saturated carbocycles. The Morgan fingerprint density at radius 2 is 1.72 bits per heavy atom. The van der Waals surface area contributed by atoms with Crippen molar-refractivity contribution in [2.24, 2.45) is 22.7 Å². The van der Waals surface area contributed by atoms with Crippen LogP contribution in [-0.4, -0.2) is 80.4 Å². The molecular weight excluding hydrogens is 508 g/mol. The molecule has 9 atom stereocenters. The van der Waals surface area contributed by atoms with Crippen molar-refractivity contribution in [2.75, 3.05) is 6.61 Å². The first-order valence-electron chi connectivity index (χ1n) is 13.2. The second-order valence-electron chi connectivity index (χ2n) is 12.2. The highest BCUT2D eigenvalue weighted by molar-refractivity contribution is 5.94. The average Bonchev–Trinajstić information content (AvgIpc) is 2.85. The van der Waals surface area contributed by atoms with Crippen molar-refractivity contribution in [2.45, 2.75) is 83.1 Å². The zero-order valence-corrected chi connectivity index (χ0v) is 22.7. The number of esters is 2. The van der Waals surface area contributed by atoms with Crippen molar-refractivity contribution in [1.82, 2.24) is 0 Å². The van der Waals surface area contributed by atoms with Gasteiger partial charge in [0.2, 0.25) is 0 Å². The summed E-state index contributed by atoms with van der Waals surface area (Å²) < 4.78 is 17.4. The molecule has 10 heteroatoms. The first-order valence-corrected chi connectivity index (χ1v) is 13.2. The van der Waals surface area contributed by atoms with E-state index < -0.39 is 76.0 Å². The Bertz CT molecular complexity index is 1240. The number of fused-ring (bicyclic) bond motifs is 5. The molecule has 3 aliphatic carbocycles. The van der Waals surface area contributed by atoms with Crippen LogP contribution in [0.15, 0.2) is 41.5 Å². The predicted octanol–water partition coefficient (Wildman–Crippen LogP) is 1.08. The summed E-state index contributed by atoms with van der Waals surface area (Å²) in [6.07, 6.45) is -5.80. The number of aliphatic hydroxyl groups excluding tert-OH is 3. The predicted molar refractivity (Wildman–Crippen MR) is 135 cm³/mol. The van der Waals surface area contributed by atoms with E-state index >= 15 is 0 Å². The lowest BCUT2D eigenvalue weighted by Gasteiger charge is -2.67. The van der Waals surface area contributed by atoms with Crippen LogP contribution < -0.4 is 4.74 Å². The van der Waals surface area contributed by atoms with Crippen LogP contribution in [0.5, 0.6) is 5.75 Å². The molecule has 0 unspecified atom stereocenters. The van der Waals surface area contributed by atoms with Gasteiger partial charge in [0.1, 0.15) is 18.0 Å². The van der Waals surface area contributed by atoms with E-state index in [2.05, 4.69) is 0 Å². The van der Waals surface area contributed by atoms with Gasteiger partial charge in [-0.15, -0.1) is 0 Å². The lowest BCUT2D eigenvalue weighted by Crippen LogP contribution is -2.81. The molecule has 1 saturated heterocycles. The number of carbonyl (C=O) groups is 3. The second-order valence-corrected chi connectivity index (χ2v) is 12.2. The zero-order chi connectivity index (χ0) is 28.7. The van der Waals surface area contributed by atoms with E-state index in [1.165, 1.54) is 13.8 Å². The Kier molecular flexibility index (Phi) is 6.40. The number of Topliss-reactive ketones (excluding diaryl/α,β-unsaturated/α-hetero) is 1. The summed E-state index contributed by atoms with van der Waals surface area (Å²) in [5.74, 6) is -5.19. The van der Waals surface area contributed by atoms with Crippen molar-refractivity contribution in [3.05, 3.63) is 41.5 Å². The van der Waals surface area contributed by atoms with Crippen molar-refractivity contribution < 1.29 is 49.0 Å². The van der Waals surface area contributed by atoms with E-state index in [4.69, 9.17) is 14.2 Å². The van der Waals surface area contributed by atoms with Gasteiger partial charge in [0.05, 0.1) is 35.7 Å². The number of aliphatic hydroxyl groups is 4. The Morgan fingerprint density at radius 3 is 2.28 bits per heavy atom. The summed E-state index contributed by atoms with van der Waals surface area (Å²) in [7, 11) is 0. The third-order valence-electron chi connectivity index (χ3n) is 9.99. The molecule has 0 aromatic heterocycles. The maximum absolute atomic E-state index is 14.3. The summed E-state index contributed by atoms with van der Waals surface area (Å²) in [4.78, 5) is 41.0. The molecule has 2 bridgehead atoms. The Morgan fingerprint density at radius 1 is 1.08 bits per heavy atom. The Labute approximate surface area is 226 Å². The number of ether oxygens (including phenoxy) is 3. The second kappa shape index (κ2) is 8.94. The van der Waals surface area contributed by atoms with Gasteiger partial charge in [-0.3, -0.25) is 14.4 Å². The molecule has 10 nitrogen and oxygen atoms in total. The van der Waals surface area contributed by atoms with E-state index in [1.807, 2.05) is 0 Å². The Balaban J connectivity index is 1.83. The molecule has 1 aliphatic heterocycles. The lowest BCUT2D eigenvalue weighted by atomic mass is 9.42. The van der Waals surface area contributed by atoms with E-state index in [1.54, 1.807) is 51.1 Å². The van der Waals surface area contributed by atoms with Crippen molar-refractivity contribution in [3.8, 4) is 5.75 Å². The van der Waals surface area contributed by atoms with Gasteiger partial charge in [-0.25, -0.2) is 0 Å². The molecule has 5 rings (SSSR count). The summed E-state index contributed by atoms with van der Waals surface area (Å²) >= 11 is 0. The van der Waals surface area contributed by atoms with Crippen molar-refractivity contribution >= 4 is 17.7 Å². The Hall–Kier alpha value is -2.63. The van der Waals surface area contributed by atoms with Crippen molar-refractivity contribution in [1.29, 1.82) is 0 Å². The quantitative estimate of drug-likeness (QED) is 0.246. The number of benzene rings is 1. The van der Waals surface area contributed by atoms with Gasteiger partial charge in [0.25, 0.3) is 0 Å². The van der Waals surface area contributed by atoms with Crippen LogP contribution in [0.4, 0.5) is 0 Å². The lowest BCUT2D eigenvalue weighted by molar-refractivity contribution is -0.337. The van der Waals surface area contributed by atoms with Crippen LogP contribution in [0.25, 0.3) is 0 Å². The SMILES string of the molecule is CC(=O)O[C@@]12CO[C@@H]1C[C@H](O)[C@@]1(C)C(=O)[C@H](O)C3=C(C)[C@@H](O)C[C@@](O)([C@@H](C(=O)Oc4ccccc4)[C@H]21)C3(C)C. The molecule has 212 valence electrons. The number of ketones is 1. The van der Waals surface area contributed by atoms with Gasteiger partial charge in [0.15, 0.2) is 11.4 Å². The maximum Gasteiger partial charge on any atom is 0.317 e. The number of para-hydroxylation sites is 1. The number of carbonyl (C=O) groups excluding carboxylic acids is 3. The summed E-state index contributed by atoms with van der Waals surface area (Å²) in [6.45, 7) is 7.21. The fraction of sp³-hybridized carbons (Fsp3) is 0.621. The van der Waals surface area contributed by atoms with Gasteiger partial charge in [-0.05, 0) is 37.1 Å². The largest absolute Gasteiger partial charge is 0.454 e. The molecule has 4 aliphatic rings. The normalized spacial score (nSPS) is 42.7. The van der Waals surface area contributed by atoms with Gasteiger partial charge in [-0.2, -0.15) is 0 Å². The van der Waals surface area contributed by atoms with Gasteiger partial charge in [0, 0.05) is 31.1 Å². The molecule has 3 fully saturated rings. The molecule has 0 radical (unpaired) electrons. The van der Waals surface area contributed by atoms with Crippen LogP contribution in [0.1, 0.15) is 47.5 Å². The summed E-state index contributed by atoms with van der Waals surface area (Å²) in [5, 5.41) is 46.8. The zero-order valence-electron chi connectivity index (χ0n) is 22.7. The number of hydrogen-bond donors (Lipinski definition) is 4. The molecule has 1 heterocycles. The minimum atomic E-state index is -2.11. The molecule has 1 aromatic carbocycles. The average molecular weight is 545 g/mol. The van der Waals surface area contributed by atoms with Gasteiger partial charge < -0.3 is 34.6 Å². The van der Waals surface area contributed by atoms with E-state index in [0.29, 0.717) is 5.57 Å². The molecule has 39 heavy (non-hydrogen) atoms. The number of rotatable bonds is 3. The van der Waals surface area contributed by atoms with Crippen LogP contribution in [0, 0.1) is 22.7 Å². The van der Waals surface area contributed by atoms with Crippen LogP contribution >= 0.6 is 0 Å². The third kappa shape index (κ3) is 3.62. The monoisotopic (exact) mass is 544 g/mol. The van der Waals surface area contributed by atoms with E-state index in [9.17, 15) is 34.8 Å². The highest BCUT2D eigenvalue weighted by Gasteiger charge is 2.78. The third-order valence-corrected chi connectivity index (χ3v) is 9.99. The van der Waals surface area contributed by atoms with E-state index in [-0.39, 0.29) is 30.8 Å². The topological polar surface area (TPSA) is 160 Å². The smallest absolute Gasteiger partial charge is 0.317 e. The molecule has 1 aromatic rings. The molecule has 0 amide bonds. The van der Waals surface area contributed by atoms with Crippen LogP contribution in [0.2, 0.25) is 0 Å². The molecule has 4 N–H and O–H groups in total. The van der Waals surface area contributed by atoms with Gasteiger partial charge >= 0.3 is 11.9 Å². The minimum absolute atomic E-state index is 0.0895. The highest BCUT2D eigenvalue weighted by Crippen LogP contribution is 2.65. The summed E-state index contributed by atoms with van der Waals surface area (Å²) in [5.41, 5.74) is -6.58. The first-order chi connectivity index (χ1) is 18.1.